The Bertz CT molecular complexity index is 951. The summed E-state index contributed by atoms with van der Waals surface area (Å²) in [5.41, 5.74) is 12.0. The van der Waals surface area contributed by atoms with Gasteiger partial charge in [0, 0.05) is 22.7 Å². The molecule has 0 saturated carbocycles. The molecule has 2 rings (SSSR count). The SMILES string of the molecule is N=C(N)NCCC[C@H](N)C(=O)NCC(=O)Nc1ccc(Cl)cc1C(=O)c1ccccc1. The van der Waals surface area contributed by atoms with Crippen LogP contribution in [0.5, 0.6) is 0 Å². The van der Waals surface area contributed by atoms with Crippen molar-refractivity contribution in [3.63, 3.8) is 0 Å². The molecule has 0 saturated heterocycles. The maximum atomic E-state index is 12.8. The van der Waals surface area contributed by atoms with Crippen LogP contribution in [0.4, 0.5) is 5.69 Å². The third-order valence-corrected chi connectivity index (χ3v) is 4.54. The Hall–Kier alpha value is -3.43. The Morgan fingerprint density at radius 3 is 2.45 bits per heavy atom. The molecule has 0 bridgehead atoms. The van der Waals surface area contributed by atoms with Crippen LogP contribution in [0.1, 0.15) is 28.8 Å². The lowest BCUT2D eigenvalue weighted by Gasteiger charge is -2.14. The van der Waals surface area contributed by atoms with E-state index in [2.05, 4.69) is 16.0 Å². The third-order valence-electron chi connectivity index (χ3n) is 4.30. The van der Waals surface area contributed by atoms with E-state index >= 15 is 0 Å². The van der Waals surface area contributed by atoms with Crippen LogP contribution in [0.3, 0.4) is 0 Å². The van der Waals surface area contributed by atoms with Crippen LogP contribution in [-0.2, 0) is 9.59 Å². The molecular formula is C21H25ClN6O3. The van der Waals surface area contributed by atoms with Gasteiger partial charge in [0.05, 0.1) is 18.3 Å². The maximum absolute atomic E-state index is 12.8. The molecule has 0 aliphatic heterocycles. The van der Waals surface area contributed by atoms with Crippen molar-refractivity contribution >= 4 is 40.8 Å². The van der Waals surface area contributed by atoms with Gasteiger partial charge in [-0.2, -0.15) is 0 Å². The van der Waals surface area contributed by atoms with Crippen LogP contribution in [-0.4, -0.2) is 42.7 Å². The molecule has 8 N–H and O–H groups in total. The highest BCUT2D eigenvalue weighted by Gasteiger charge is 2.18. The molecule has 0 fully saturated rings. The van der Waals surface area contributed by atoms with Gasteiger partial charge >= 0.3 is 0 Å². The van der Waals surface area contributed by atoms with Gasteiger partial charge < -0.3 is 27.4 Å². The minimum absolute atomic E-state index is 0.151. The molecule has 1 atom stereocenters. The van der Waals surface area contributed by atoms with Crippen molar-refractivity contribution in [3.05, 3.63) is 64.7 Å². The van der Waals surface area contributed by atoms with Gasteiger partial charge in [0.25, 0.3) is 0 Å². The predicted molar refractivity (Wildman–Crippen MR) is 120 cm³/mol. The highest BCUT2D eigenvalue weighted by atomic mass is 35.5. The molecule has 31 heavy (non-hydrogen) atoms. The number of hydrogen-bond donors (Lipinski definition) is 6. The van der Waals surface area contributed by atoms with Crippen molar-refractivity contribution < 1.29 is 14.4 Å². The first-order chi connectivity index (χ1) is 14.8. The van der Waals surface area contributed by atoms with Gasteiger partial charge in [-0.05, 0) is 31.0 Å². The van der Waals surface area contributed by atoms with Crippen molar-refractivity contribution in [3.8, 4) is 0 Å². The number of rotatable bonds is 10. The Kier molecular flexibility index (Phi) is 8.98. The number of carbonyl (C=O) groups excluding carboxylic acids is 3. The van der Waals surface area contributed by atoms with Gasteiger partial charge in [0.2, 0.25) is 11.8 Å². The van der Waals surface area contributed by atoms with E-state index < -0.39 is 17.9 Å². The van der Waals surface area contributed by atoms with Crippen molar-refractivity contribution in [1.29, 1.82) is 5.41 Å². The van der Waals surface area contributed by atoms with Crippen molar-refractivity contribution in [1.82, 2.24) is 10.6 Å². The highest BCUT2D eigenvalue weighted by molar-refractivity contribution is 6.31. The zero-order chi connectivity index (χ0) is 22.8. The summed E-state index contributed by atoms with van der Waals surface area (Å²) in [7, 11) is 0. The molecule has 0 spiro atoms. The number of guanidine groups is 1. The predicted octanol–water partition coefficient (Wildman–Crippen LogP) is 1.22. The van der Waals surface area contributed by atoms with Crippen molar-refractivity contribution in [2.24, 2.45) is 11.5 Å². The first kappa shape index (κ1) is 23.8. The average molecular weight is 445 g/mol. The van der Waals surface area contributed by atoms with Crippen LogP contribution in [0, 0.1) is 5.41 Å². The molecule has 0 aliphatic rings. The highest BCUT2D eigenvalue weighted by Crippen LogP contribution is 2.23. The van der Waals surface area contributed by atoms with Crippen LogP contribution < -0.4 is 27.4 Å². The fraction of sp³-hybridized carbons (Fsp3) is 0.238. The van der Waals surface area contributed by atoms with Gasteiger partial charge in [0.1, 0.15) is 0 Å². The summed E-state index contributed by atoms with van der Waals surface area (Å²) in [6.07, 6.45) is 0.900. The third kappa shape index (κ3) is 7.72. The summed E-state index contributed by atoms with van der Waals surface area (Å²) in [6.45, 7) is 0.116. The molecule has 2 aromatic carbocycles. The number of benzene rings is 2. The molecule has 10 heteroatoms. The lowest BCUT2D eigenvalue weighted by atomic mass is 10.0. The fourth-order valence-corrected chi connectivity index (χ4v) is 2.90. The molecule has 2 amide bonds. The van der Waals surface area contributed by atoms with E-state index in [1.807, 2.05) is 0 Å². The largest absolute Gasteiger partial charge is 0.370 e. The van der Waals surface area contributed by atoms with Crippen molar-refractivity contribution in [2.75, 3.05) is 18.4 Å². The number of halogens is 1. The number of hydrogen-bond acceptors (Lipinski definition) is 5. The summed E-state index contributed by atoms with van der Waals surface area (Å²) >= 11 is 6.03. The number of amides is 2. The van der Waals surface area contributed by atoms with Crippen LogP contribution in [0.15, 0.2) is 48.5 Å². The van der Waals surface area contributed by atoms with E-state index in [0.717, 1.165) is 0 Å². The lowest BCUT2D eigenvalue weighted by Crippen LogP contribution is -2.44. The molecule has 0 radical (unpaired) electrons. The molecule has 0 heterocycles. The second-order valence-electron chi connectivity index (χ2n) is 6.74. The van der Waals surface area contributed by atoms with E-state index in [1.165, 1.54) is 12.1 Å². The number of anilines is 1. The fourth-order valence-electron chi connectivity index (χ4n) is 2.73. The quantitative estimate of drug-likeness (QED) is 0.139. The zero-order valence-corrected chi connectivity index (χ0v) is 17.5. The minimum Gasteiger partial charge on any atom is -0.370 e. The van der Waals surface area contributed by atoms with Crippen molar-refractivity contribution in [2.45, 2.75) is 18.9 Å². The summed E-state index contributed by atoms with van der Waals surface area (Å²) in [5, 5.41) is 15.1. The number of nitrogens with one attached hydrogen (secondary N) is 4. The second-order valence-corrected chi connectivity index (χ2v) is 7.18. The molecule has 0 aliphatic carbocycles. The summed E-state index contributed by atoms with van der Waals surface area (Å²) in [6, 6.07) is 12.4. The monoisotopic (exact) mass is 444 g/mol. The van der Waals surface area contributed by atoms with E-state index in [-0.39, 0.29) is 29.5 Å². The Morgan fingerprint density at radius 1 is 1.06 bits per heavy atom. The minimum atomic E-state index is -0.799. The number of nitrogens with two attached hydrogens (primary N) is 2. The summed E-state index contributed by atoms with van der Waals surface area (Å²) < 4.78 is 0. The standard InChI is InChI=1S/C21H25ClN6O3/c22-14-8-9-17(15(11-14)19(30)13-5-2-1-3-6-13)28-18(29)12-27-20(31)16(23)7-4-10-26-21(24)25/h1-3,5-6,8-9,11,16H,4,7,10,12,23H2,(H,27,31)(H,28,29)(H4,24,25,26)/t16-/m0/s1. The second kappa shape index (κ2) is 11.7. The molecule has 164 valence electrons. The molecule has 2 aromatic rings. The van der Waals surface area contributed by atoms with Crippen LogP contribution in [0.25, 0.3) is 0 Å². The number of ketones is 1. The molecular weight excluding hydrogens is 420 g/mol. The van der Waals surface area contributed by atoms with Crippen LogP contribution >= 0.6 is 11.6 Å². The Morgan fingerprint density at radius 2 is 1.77 bits per heavy atom. The molecule has 0 aromatic heterocycles. The zero-order valence-electron chi connectivity index (χ0n) is 16.8. The topological polar surface area (TPSA) is 163 Å². The van der Waals surface area contributed by atoms with Crippen LogP contribution in [0.2, 0.25) is 5.02 Å². The van der Waals surface area contributed by atoms with E-state index in [0.29, 0.717) is 30.0 Å². The summed E-state index contributed by atoms with van der Waals surface area (Å²) in [5.74, 6) is -1.43. The number of carbonyl (C=O) groups is 3. The first-order valence-corrected chi connectivity index (χ1v) is 9.96. The average Bonchev–Trinajstić information content (AvgIpc) is 2.76. The van der Waals surface area contributed by atoms with Gasteiger partial charge in [0.15, 0.2) is 11.7 Å². The van der Waals surface area contributed by atoms with E-state index in [4.69, 9.17) is 28.5 Å². The molecule has 0 unspecified atom stereocenters. The first-order valence-electron chi connectivity index (χ1n) is 9.58. The lowest BCUT2D eigenvalue weighted by molar-refractivity contribution is -0.125. The normalized spacial score (nSPS) is 11.3. The van der Waals surface area contributed by atoms with Gasteiger partial charge in [-0.1, -0.05) is 41.9 Å². The van der Waals surface area contributed by atoms with Gasteiger partial charge in [-0.15, -0.1) is 0 Å². The maximum Gasteiger partial charge on any atom is 0.243 e. The smallest absolute Gasteiger partial charge is 0.243 e. The molecule has 9 nitrogen and oxygen atoms in total. The van der Waals surface area contributed by atoms with Gasteiger partial charge in [-0.25, -0.2) is 0 Å². The van der Waals surface area contributed by atoms with E-state index in [9.17, 15) is 14.4 Å². The Labute approximate surface area is 185 Å². The Balaban J connectivity index is 1.93. The van der Waals surface area contributed by atoms with E-state index in [1.54, 1.807) is 36.4 Å². The summed E-state index contributed by atoms with van der Waals surface area (Å²) in [4.78, 5) is 37.2. The van der Waals surface area contributed by atoms with Gasteiger partial charge in [-0.3, -0.25) is 19.8 Å².